The van der Waals surface area contributed by atoms with Crippen molar-refractivity contribution in [3.05, 3.63) is 11.6 Å². The van der Waals surface area contributed by atoms with E-state index in [-0.39, 0.29) is 60.6 Å². The number of nitrogens with two attached hydrogens (primary N) is 1. The first-order valence-corrected chi connectivity index (χ1v) is 24.7. The smallest absolute Gasteiger partial charge is 0.331 e. The number of aliphatic hydroxyl groups is 4. The minimum atomic E-state index is -3.58. The van der Waals surface area contributed by atoms with E-state index in [2.05, 4.69) is 13.8 Å². The van der Waals surface area contributed by atoms with Crippen molar-refractivity contribution < 1.29 is 66.8 Å². The van der Waals surface area contributed by atoms with Gasteiger partial charge in [-0.1, -0.05) is 27.2 Å². The molecule has 0 amide bonds. The van der Waals surface area contributed by atoms with E-state index in [0.717, 1.165) is 44.1 Å². The molecule has 61 heavy (non-hydrogen) atoms. The van der Waals surface area contributed by atoms with E-state index in [1.54, 1.807) is 6.92 Å². The predicted octanol–water partition coefficient (Wildman–Crippen LogP) is 2.87. The molecule has 17 heteroatoms. The average Bonchev–Trinajstić information content (AvgIpc) is 3.49. The van der Waals surface area contributed by atoms with Crippen LogP contribution in [0.4, 0.5) is 0 Å². The van der Waals surface area contributed by atoms with Gasteiger partial charge < -0.3 is 53.6 Å². The van der Waals surface area contributed by atoms with Crippen molar-refractivity contribution in [2.24, 2.45) is 33.7 Å². The fourth-order valence-electron chi connectivity index (χ4n) is 12.7. The lowest BCUT2D eigenvalue weighted by atomic mass is 9.41. The van der Waals surface area contributed by atoms with Crippen LogP contribution in [0.3, 0.4) is 0 Å². The number of primary sulfonamides is 1. The fourth-order valence-corrected chi connectivity index (χ4v) is 13.2. The summed E-state index contributed by atoms with van der Waals surface area (Å²) in [5.74, 6) is 0.0297. The summed E-state index contributed by atoms with van der Waals surface area (Å²) in [5.41, 5.74) is -1.12. The Morgan fingerprint density at radius 3 is 2.13 bits per heavy atom. The standard InChI is InChI=1S/C44H74N2O14S/c1-7-12-44(51)31-9-8-29-18-30(10-13-42(29,5)32(31)19-35(49)43(44,6)22-28-17-36(50)54-24-28)58-38-20-33(47)41(27(4)56-38)60-39-21-34(48)40(26(3)57-39)59-37-11-14-46(23-25(2)55-37)15-16-61(45,52)53/h17,25-27,29-35,37-41,47-49,51H,7-16,18-24H2,1-6H3,(H2,45,52,53)/t25?,26-,27-,29?,30-,31?,32?,33-,34-,35-,37?,38-,39-,40+,41+,42-,43-,44-/m0/s1. The Bertz CT molecular complexity index is 1650. The quantitative estimate of drug-likeness (QED) is 0.132. The zero-order valence-corrected chi connectivity index (χ0v) is 37.9. The summed E-state index contributed by atoms with van der Waals surface area (Å²) in [6.07, 6.45) is 1.83. The molecule has 18 atom stereocenters. The number of hydrogen-bond donors (Lipinski definition) is 5. The molecule has 0 radical (unpaired) electrons. The van der Waals surface area contributed by atoms with Crippen molar-refractivity contribution in [2.45, 2.75) is 198 Å². The first-order valence-electron chi connectivity index (χ1n) is 23.0. The first-order chi connectivity index (χ1) is 28.7. The second-order valence-electron chi connectivity index (χ2n) is 20.1. The third-order valence-corrected chi connectivity index (χ3v) is 16.7. The van der Waals surface area contributed by atoms with E-state index in [4.69, 9.17) is 38.3 Å². The monoisotopic (exact) mass is 886 g/mol. The number of nitrogens with zero attached hydrogens (tertiary/aromatic N) is 1. The summed E-state index contributed by atoms with van der Waals surface area (Å²) in [4.78, 5) is 13.9. The Morgan fingerprint density at radius 1 is 0.869 bits per heavy atom. The summed E-state index contributed by atoms with van der Waals surface area (Å²) < 4.78 is 65.9. The molecule has 0 bridgehead atoms. The number of fused-ring (bicyclic) bond motifs is 3. The van der Waals surface area contributed by atoms with E-state index in [1.807, 2.05) is 25.7 Å². The molecule has 0 aromatic rings. The van der Waals surface area contributed by atoms with Crippen LogP contribution in [-0.2, 0) is 48.0 Å². The van der Waals surface area contributed by atoms with Crippen LogP contribution in [-0.4, -0.2) is 151 Å². The summed E-state index contributed by atoms with van der Waals surface area (Å²) >= 11 is 0. The van der Waals surface area contributed by atoms with E-state index >= 15 is 0 Å². The minimum Gasteiger partial charge on any atom is -0.458 e. The molecule has 350 valence electrons. The van der Waals surface area contributed by atoms with Gasteiger partial charge in [-0.25, -0.2) is 18.4 Å². The molecule has 0 aromatic carbocycles. The molecule has 3 saturated carbocycles. The van der Waals surface area contributed by atoms with E-state index < -0.39 is 82.6 Å². The largest absolute Gasteiger partial charge is 0.458 e. The van der Waals surface area contributed by atoms with Gasteiger partial charge in [-0.3, -0.25) is 4.90 Å². The van der Waals surface area contributed by atoms with Gasteiger partial charge in [-0.05, 0) is 101 Å². The molecule has 0 aromatic heterocycles. The van der Waals surface area contributed by atoms with Gasteiger partial charge >= 0.3 is 5.97 Å². The van der Waals surface area contributed by atoms with Crippen molar-refractivity contribution in [1.82, 2.24) is 4.90 Å². The lowest BCUT2D eigenvalue weighted by molar-refractivity contribution is -0.329. The summed E-state index contributed by atoms with van der Waals surface area (Å²) in [6, 6.07) is 0. The molecule has 6 fully saturated rings. The van der Waals surface area contributed by atoms with Crippen LogP contribution in [0.15, 0.2) is 11.6 Å². The molecule has 4 aliphatic heterocycles. The highest BCUT2D eigenvalue weighted by atomic mass is 32.2. The minimum absolute atomic E-state index is 0.0347. The van der Waals surface area contributed by atoms with Crippen LogP contribution >= 0.6 is 0 Å². The normalized spacial score (nSPS) is 47.5. The number of ether oxygens (including phenoxy) is 7. The second-order valence-corrected chi connectivity index (χ2v) is 21.9. The third-order valence-electron chi connectivity index (χ3n) is 15.9. The zero-order chi connectivity index (χ0) is 44.1. The van der Waals surface area contributed by atoms with Crippen LogP contribution in [0, 0.1) is 28.6 Å². The number of aliphatic hydroxyl groups excluding tert-OH is 3. The Hall–Kier alpha value is -1.32. The molecular formula is C44H74N2O14S. The maximum atomic E-state index is 12.7. The summed E-state index contributed by atoms with van der Waals surface area (Å²) in [6.45, 7) is 13.6. The van der Waals surface area contributed by atoms with Crippen molar-refractivity contribution in [1.29, 1.82) is 0 Å². The Kier molecular flexibility index (Phi) is 14.7. The summed E-state index contributed by atoms with van der Waals surface area (Å²) in [7, 11) is -3.58. The highest BCUT2D eigenvalue weighted by molar-refractivity contribution is 7.89. The number of rotatable bonds is 13. The van der Waals surface area contributed by atoms with Crippen LogP contribution in [0.25, 0.3) is 0 Å². The van der Waals surface area contributed by atoms with Crippen LogP contribution in [0.5, 0.6) is 0 Å². The Morgan fingerprint density at radius 2 is 1.52 bits per heavy atom. The molecule has 5 unspecified atom stereocenters. The van der Waals surface area contributed by atoms with Gasteiger partial charge in [0.15, 0.2) is 18.9 Å². The molecule has 4 heterocycles. The zero-order valence-electron chi connectivity index (χ0n) is 37.1. The number of sulfonamides is 1. The number of hydrogen-bond acceptors (Lipinski definition) is 15. The molecule has 6 N–H and O–H groups in total. The topological polar surface area (TPSA) is 226 Å². The maximum absolute atomic E-state index is 12.7. The predicted molar refractivity (Wildman–Crippen MR) is 222 cm³/mol. The number of carbonyl (C=O) groups is 1. The van der Waals surface area contributed by atoms with Gasteiger partial charge in [-0.2, -0.15) is 0 Å². The Balaban J connectivity index is 0.895. The number of cyclic esters (lactones) is 1. The van der Waals surface area contributed by atoms with Crippen LogP contribution in [0.1, 0.15) is 119 Å². The molecule has 7 rings (SSSR count). The van der Waals surface area contributed by atoms with Crippen LogP contribution in [0.2, 0.25) is 0 Å². The lowest BCUT2D eigenvalue weighted by Crippen LogP contribution is -2.67. The second kappa shape index (κ2) is 18.9. The van der Waals surface area contributed by atoms with Crippen molar-refractivity contribution in [3.63, 3.8) is 0 Å². The molecule has 7 aliphatic rings. The van der Waals surface area contributed by atoms with E-state index in [0.29, 0.717) is 51.2 Å². The number of carbonyl (C=O) groups excluding carboxylic acids is 1. The first kappa shape index (κ1) is 47.6. The van der Waals surface area contributed by atoms with Crippen molar-refractivity contribution in [2.75, 3.05) is 32.0 Å². The molecule has 3 aliphatic carbocycles. The lowest BCUT2D eigenvalue weighted by Gasteiger charge is -2.66. The fraction of sp³-hybridized carbons (Fsp3) is 0.932. The molecule has 0 spiro atoms. The maximum Gasteiger partial charge on any atom is 0.331 e. The number of esters is 1. The third kappa shape index (κ3) is 10.2. The van der Waals surface area contributed by atoms with Gasteiger partial charge in [-0.15, -0.1) is 0 Å². The van der Waals surface area contributed by atoms with Gasteiger partial charge in [0.05, 0.1) is 54.1 Å². The van der Waals surface area contributed by atoms with Gasteiger partial charge in [0, 0.05) is 50.4 Å². The average molecular weight is 887 g/mol. The molecule has 3 saturated heterocycles. The van der Waals surface area contributed by atoms with Crippen molar-refractivity contribution >= 4 is 16.0 Å². The Labute approximate surface area is 362 Å². The van der Waals surface area contributed by atoms with Gasteiger partial charge in [0.2, 0.25) is 10.0 Å². The highest BCUT2D eigenvalue weighted by Crippen LogP contribution is 2.66. The highest BCUT2D eigenvalue weighted by Gasteiger charge is 2.66. The van der Waals surface area contributed by atoms with E-state index in [1.165, 1.54) is 6.08 Å². The van der Waals surface area contributed by atoms with Gasteiger partial charge in [0.25, 0.3) is 0 Å². The molecular weight excluding hydrogens is 813 g/mol. The van der Waals surface area contributed by atoms with Crippen LogP contribution < -0.4 is 5.14 Å². The molecule has 16 nitrogen and oxygen atoms in total. The summed E-state index contributed by atoms with van der Waals surface area (Å²) in [5, 5.41) is 52.5. The van der Waals surface area contributed by atoms with Gasteiger partial charge in [0.1, 0.15) is 18.8 Å². The van der Waals surface area contributed by atoms with E-state index in [9.17, 15) is 33.6 Å². The van der Waals surface area contributed by atoms with Crippen molar-refractivity contribution in [3.8, 4) is 0 Å². The SMILES string of the molecule is CCC[C@]1(O)C2CCC3C[C@@H](O[C@H]4C[C@H](O)[C@H](O[C@H]5C[C@H](O)[C@H](OC6CCN(CCS(N)(=O)=O)CC(C)O6)[C@H](C)O5)[C@H](C)O4)CC[C@]3(C)C2C[C@H](O)[C@]1(C)CC1=CC(=O)OC1.